The fraction of sp³-hybridized carbons (Fsp3) is 0.481. The minimum Gasteiger partial charge on any atom is -0.352 e. The number of nitrogens with zero attached hydrogens (tertiary/aromatic N) is 2. The maximum absolute atomic E-state index is 13.4. The number of amides is 2. The van der Waals surface area contributed by atoms with E-state index in [2.05, 4.69) is 5.32 Å². The summed E-state index contributed by atoms with van der Waals surface area (Å²) < 4.78 is 39.8. The first-order chi connectivity index (χ1) is 17.5. The van der Waals surface area contributed by atoms with Crippen LogP contribution in [0.25, 0.3) is 0 Å². The Morgan fingerprint density at radius 3 is 2.41 bits per heavy atom. The second-order valence-corrected chi connectivity index (χ2v) is 12.0. The van der Waals surface area contributed by atoms with Crippen molar-refractivity contribution < 1.29 is 22.4 Å². The van der Waals surface area contributed by atoms with Crippen LogP contribution < -0.4 is 9.62 Å². The average Bonchev–Trinajstić information content (AvgIpc) is 3.35. The molecule has 202 valence electrons. The lowest BCUT2D eigenvalue weighted by Gasteiger charge is -2.30. The van der Waals surface area contributed by atoms with Crippen molar-refractivity contribution in [3.05, 3.63) is 64.4 Å². The van der Waals surface area contributed by atoms with Gasteiger partial charge in [-0.15, -0.1) is 0 Å². The van der Waals surface area contributed by atoms with Gasteiger partial charge in [-0.3, -0.25) is 13.9 Å². The number of nitrogens with one attached hydrogen (secondary N) is 1. The normalized spacial score (nSPS) is 14.8. The molecule has 1 N–H and O–H groups in total. The molecular formula is C27H35ClFN3O4S. The van der Waals surface area contributed by atoms with Crippen molar-refractivity contribution in [1.82, 2.24) is 10.2 Å². The van der Waals surface area contributed by atoms with Gasteiger partial charge in [-0.1, -0.05) is 42.6 Å². The standard InChI is InChI=1S/C27H35ClFN3O4S/c1-19-24(28)10-6-11-25(19)32(37(3,35)36)17-7-12-26(33)31(18-21-13-15-22(29)16-14-21)20(2)27(34)30-23-8-4-5-9-23/h6,10-11,13-16,20,23H,4-5,7-9,12,17-18H2,1-3H3,(H,30,34). The predicted octanol–water partition coefficient (Wildman–Crippen LogP) is 4.81. The molecule has 1 saturated carbocycles. The van der Waals surface area contributed by atoms with Gasteiger partial charge in [0.05, 0.1) is 11.9 Å². The van der Waals surface area contributed by atoms with Gasteiger partial charge in [0.2, 0.25) is 21.8 Å². The SMILES string of the molecule is Cc1c(Cl)cccc1N(CCCC(=O)N(Cc1ccc(F)cc1)C(C)C(=O)NC1CCCC1)S(C)(=O)=O. The van der Waals surface area contributed by atoms with Gasteiger partial charge < -0.3 is 10.2 Å². The van der Waals surface area contributed by atoms with Gasteiger partial charge in [-0.25, -0.2) is 12.8 Å². The summed E-state index contributed by atoms with van der Waals surface area (Å²) in [6.45, 7) is 3.65. The first kappa shape index (κ1) is 28.9. The van der Waals surface area contributed by atoms with Crippen molar-refractivity contribution in [2.24, 2.45) is 0 Å². The van der Waals surface area contributed by atoms with E-state index < -0.39 is 16.1 Å². The third kappa shape index (κ3) is 7.92. The van der Waals surface area contributed by atoms with Gasteiger partial charge >= 0.3 is 0 Å². The molecule has 0 heterocycles. The van der Waals surface area contributed by atoms with E-state index in [4.69, 9.17) is 11.6 Å². The Morgan fingerprint density at radius 2 is 1.78 bits per heavy atom. The zero-order chi connectivity index (χ0) is 27.2. The molecular weight excluding hydrogens is 517 g/mol. The molecule has 1 aliphatic rings. The van der Waals surface area contributed by atoms with E-state index in [1.165, 1.54) is 21.3 Å². The topological polar surface area (TPSA) is 86.8 Å². The van der Waals surface area contributed by atoms with Crippen molar-refractivity contribution >= 4 is 39.1 Å². The minimum absolute atomic E-state index is 0.0356. The Kier molecular flexibility index (Phi) is 9.95. The number of rotatable bonds is 11. The number of benzene rings is 2. The molecule has 1 fully saturated rings. The van der Waals surface area contributed by atoms with Crippen LogP contribution in [0.3, 0.4) is 0 Å². The molecule has 0 radical (unpaired) electrons. The highest BCUT2D eigenvalue weighted by Crippen LogP contribution is 2.28. The number of halogens is 2. The molecule has 0 bridgehead atoms. The van der Waals surface area contributed by atoms with Crippen LogP contribution in [-0.2, 0) is 26.2 Å². The third-order valence-corrected chi connectivity index (χ3v) is 8.38. The highest BCUT2D eigenvalue weighted by molar-refractivity contribution is 7.92. The maximum Gasteiger partial charge on any atom is 0.242 e. The van der Waals surface area contributed by atoms with Gasteiger partial charge in [-0.2, -0.15) is 0 Å². The van der Waals surface area contributed by atoms with Crippen LogP contribution in [0.4, 0.5) is 10.1 Å². The number of hydrogen-bond donors (Lipinski definition) is 1. The second kappa shape index (κ2) is 12.7. The largest absolute Gasteiger partial charge is 0.352 e. The van der Waals surface area contributed by atoms with Crippen LogP contribution in [0.2, 0.25) is 5.02 Å². The fourth-order valence-corrected chi connectivity index (χ4v) is 5.80. The summed E-state index contributed by atoms with van der Waals surface area (Å²) in [4.78, 5) is 27.8. The van der Waals surface area contributed by atoms with E-state index in [0.717, 1.165) is 31.9 Å². The van der Waals surface area contributed by atoms with Gasteiger partial charge in [0.15, 0.2) is 0 Å². The highest BCUT2D eigenvalue weighted by Gasteiger charge is 2.29. The fourth-order valence-electron chi connectivity index (χ4n) is 4.61. The lowest BCUT2D eigenvalue weighted by molar-refractivity contribution is -0.141. The summed E-state index contributed by atoms with van der Waals surface area (Å²) in [7, 11) is -3.62. The van der Waals surface area contributed by atoms with E-state index in [9.17, 15) is 22.4 Å². The van der Waals surface area contributed by atoms with Crippen LogP contribution in [-0.4, -0.2) is 50.0 Å². The molecule has 1 unspecified atom stereocenters. The van der Waals surface area contributed by atoms with Crippen LogP contribution in [0.1, 0.15) is 56.6 Å². The summed E-state index contributed by atoms with van der Waals surface area (Å²) in [5, 5.41) is 3.50. The van der Waals surface area contributed by atoms with Gasteiger partial charge in [-0.05, 0) is 68.5 Å². The molecule has 2 amide bonds. The van der Waals surface area contributed by atoms with E-state index in [1.54, 1.807) is 44.2 Å². The lowest BCUT2D eigenvalue weighted by atomic mass is 10.1. The molecule has 37 heavy (non-hydrogen) atoms. The van der Waals surface area contributed by atoms with Gasteiger partial charge in [0.25, 0.3) is 0 Å². The van der Waals surface area contributed by atoms with Crippen molar-refractivity contribution in [2.75, 3.05) is 17.1 Å². The summed E-state index contributed by atoms with van der Waals surface area (Å²) in [5.41, 5.74) is 1.80. The quantitative estimate of drug-likeness (QED) is 0.434. The molecule has 2 aromatic carbocycles. The molecule has 0 spiro atoms. The average molecular weight is 552 g/mol. The first-order valence-electron chi connectivity index (χ1n) is 12.5. The molecule has 1 aliphatic carbocycles. The molecule has 0 saturated heterocycles. The number of hydrogen-bond acceptors (Lipinski definition) is 4. The van der Waals surface area contributed by atoms with E-state index >= 15 is 0 Å². The zero-order valence-corrected chi connectivity index (χ0v) is 23.1. The zero-order valence-electron chi connectivity index (χ0n) is 21.5. The van der Waals surface area contributed by atoms with Gasteiger partial charge in [0, 0.05) is 30.6 Å². The minimum atomic E-state index is -3.62. The number of sulfonamides is 1. The molecule has 7 nitrogen and oxygen atoms in total. The monoisotopic (exact) mass is 551 g/mol. The van der Waals surface area contributed by atoms with Crippen molar-refractivity contribution in [1.29, 1.82) is 0 Å². The van der Waals surface area contributed by atoms with Crippen LogP contribution in [0, 0.1) is 12.7 Å². The molecule has 0 aromatic heterocycles. The predicted molar refractivity (Wildman–Crippen MR) is 144 cm³/mol. The van der Waals surface area contributed by atoms with Gasteiger partial charge in [0.1, 0.15) is 11.9 Å². The van der Waals surface area contributed by atoms with Crippen LogP contribution in [0.5, 0.6) is 0 Å². The number of anilines is 1. The molecule has 0 aliphatic heterocycles. The molecule has 3 rings (SSSR count). The summed E-state index contributed by atoms with van der Waals surface area (Å²) in [5.74, 6) is -0.893. The van der Waals surface area contributed by atoms with Crippen LogP contribution >= 0.6 is 11.6 Å². The van der Waals surface area contributed by atoms with Crippen LogP contribution in [0.15, 0.2) is 42.5 Å². The smallest absolute Gasteiger partial charge is 0.242 e. The van der Waals surface area contributed by atoms with E-state index in [0.29, 0.717) is 21.8 Å². The Hall–Kier alpha value is -2.65. The lowest BCUT2D eigenvalue weighted by Crippen LogP contribution is -2.49. The summed E-state index contributed by atoms with van der Waals surface area (Å²) in [6, 6.07) is 10.2. The van der Waals surface area contributed by atoms with E-state index in [1.807, 2.05) is 0 Å². The number of carbonyl (C=O) groups is 2. The third-order valence-electron chi connectivity index (χ3n) is 6.79. The highest BCUT2D eigenvalue weighted by atomic mass is 35.5. The molecule has 2 aromatic rings. The van der Waals surface area contributed by atoms with E-state index in [-0.39, 0.29) is 49.6 Å². The van der Waals surface area contributed by atoms with Crippen molar-refractivity contribution in [3.63, 3.8) is 0 Å². The van der Waals surface area contributed by atoms with Crippen molar-refractivity contribution in [2.45, 2.75) is 71.0 Å². The summed E-state index contributed by atoms with van der Waals surface area (Å²) in [6.07, 6.45) is 5.39. The Morgan fingerprint density at radius 1 is 1.14 bits per heavy atom. The Labute approximate surface area is 224 Å². The Balaban J connectivity index is 1.73. The first-order valence-corrected chi connectivity index (χ1v) is 14.8. The summed E-state index contributed by atoms with van der Waals surface area (Å²) >= 11 is 6.20. The maximum atomic E-state index is 13.4. The molecule has 10 heteroatoms. The molecule has 1 atom stereocenters. The number of carbonyl (C=O) groups excluding carboxylic acids is 2. The Bertz CT molecular complexity index is 1200. The second-order valence-electron chi connectivity index (χ2n) is 9.64. The van der Waals surface area contributed by atoms with Crippen molar-refractivity contribution in [3.8, 4) is 0 Å².